The van der Waals surface area contributed by atoms with Crippen molar-refractivity contribution in [1.82, 2.24) is 0 Å². The number of hydrogen-bond acceptors (Lipinski definition) is 1. The minimum Gasteiger partial charge on any atom is -0.491 e. The summed E-state index contributed by atoms with van der Waals surface area (Å²) in [4.78, 5) is 0. The lowest BCUT2D eigenvalue weighted by atomic mass is 9.76. The van der Waals surface area contributed by atoms with Crippen LogP contribution in [0.1, 0.15) is 80.0 Å². The summed E-state index contributed by atoms with van der Waals surface area (Å²) < 4.78 is 19.4. The topological polar surface area (TPSA) is 9.23 Å². The van der Waals surface area contributed by atoms with Crippen molar-refractivity contribution in [3.8, 4) is 5.75 Å². The zero-order valence-corrected chi connectivity index (χ0v) is 20.1. The van der Waals surface area contributed by atoms with Crippen molar-refractivity contribution < 1.29 is 9.13 Å². The molecule has 0 heterocycles. The molecule has 4 rings (SSSR count). The first-order valence-corrected chi connectivity index (χ1v) is 12.7. The van der Waals surface area contributed by atoms with E-state index in [-0.39, 0.29) is 5.82 Å². The fourth-order valence-electron chi connectivity index (χ4n) is 5.31. The first kappa shape index (κ1) is 23.5. The number of rotatable bonds is 9. The number of hydrogen-bond donors (Lipinski definition) is 0. The largest absolute Gasteiger partial charge is 0.491 e. The predicted octanol–water partition coefficient (Wildman–Crippen LogP) is 8.48. The summed E-state index contributed by atoms with van der Waals surface area (Å²) in [6.45, 7) is 4.69. The Kier molecular flexibility index (Phi) is 8.20. The monoisotopic (exact) mass is 444 g/mol. The summed E-state index contributed by atoms with van der Waals surface area (Å²) in [5, 5.41) is 0. The Labute approximate surface area is 199 Å². The van der Waals surface area contributed by atoms with Gasteiger partial charge in [-0.25, -0.2) is 4.39 Å². The smallest absolute Gasteiger partial charge is 0.165 e. The van der Waals surface area contributed by atoms with Crippen LogP contribution in [0.3, 0.4) is 0 Å². The number of aryl methyl sites for hydroxylation is 1. The fourth-order valence-corrected chi connectivity index (χ4v) is 5.31. The van der Waals surface area contributed by atoms with Crippen LogP contribution < -0.4 is 4.74 Å². The Morgan fingerprint density at radius 1 is 0.879 bits per heavy atom. The van der Waals surface area contributed by atoms with E-state index in [4.69, 9.17) is 4.74 Å². The second-order valence-corrected chi connectivity index (χ2v) is 9.71. The molecule has 0 radical (unpaired) electrons. The van der Waals surface area contributed by atoms with Gasteiger partial charge in [-0.1, -0.05) is 67.6 Å². The Hall–Kier alpha value is -2.61. The summed E-state index contributed by atoms with van der Waals surface area (Å²) in [7, 11) is 0. The molecule has 1 saturated carbocycles. The van der Waals surface area contributed by atoms with E-state index in [1.54, 1.807) is 12.1 Å². The zero-order valence-electron chi connectivity index (χ0n) is 20.1. The second-order valence-electron chi connectivity index (χ2n) is 9.71. The van der Waals surface area contributed by atoms with Crippen molar-refractivity contribution in [3.63, 3.8) is 0 Å². The van der Waals surface area contributed by atoms with Gasteiger partial charge in [0.25, 0.3) is 0 Å². The molecular weight excluding hydrogens is 407 g/mol. The summed E-state index contributed by atoms with van der Waals surface area (Å²) in [6.07, 6.45) is 8.27. The highest BCUT2D eigenvalue weighted by Crippen LogP contribution is 2.38. The molecule has 1 aliphatic carbocycles. The molecule has 33 heavy (non-hydrogen) atoms. The number of ether oxygens (including phenoxy) is 1. The van der Waals surface area contributed by atoms with E-state index in [0.29, 0.717) is 24.2 Å². The van der Waals surface area contributed by atoms with Crippen LogP contribution >= 0.6 is 0 Å². The second kappa shape index (κ2) is 11.5. The van der Waals surface area contributed by atoms with Gasteiger partial charge in [0.15, 0.2) is 11.6 Å². The highest BCUT2D eigenvalue weighted by atomic mass is 19.1. The molecular formula is C31H37FO. The first-order valence-electron chi connectivity index (χ1n) is 12.7. The zero-order chi connectivity index (χ0) is 23.0. The van der Waals surface area contributed by atoms with Crippen molar-refractivity contribution in [1.29, 1.82) is 0 Å². The lowest BCUT2D eigenvalue weighted by Crippen LogP contribution is -2.14. The van der Waals surface area contributed by atoms with Crippen LogP contribution in [0.2, 0.25) is 0 Å². The molecule has 174 valence electrons. The van der Waals surface area contributed by atoms with Crippen LogP contribution in [0.15, 0.2) is 72.8 Å². The lowest BCUT2D eigenvalue weighted by molar-refractivity contribution is 0.309. The van der Waals surface area contributed by atoms with Crippen molar-refractivity contribution in [3.05, 3.63) is 101 Å². The van der Waals surface area contributed by atoms with Gasteiger partial charge in [0.05, 0.1) is 6.61 Å². The molecule has 0 aromatic heterocycles. The van der Waals surface area contributed by atoms with Gasteiger partial charge in [-0.3, -0.25) is 0 Å². The van der Waals surface area contributed by atoms with Gasteiger partial charge in [0.1, 0.15) is 0 Å². The molecule has 2 heteroatoms. The van der Waals surface area contributed by atoms with Gasteiger partial charge < -0.3 is 4.74 Å². The quantitative estimate of drug-likeness (QED) is 0.321. The molecule has 3 aromatic carbocycles. The van der Waals surface area contributed by atoms with Crippen LogP contribution in [-0.2, 0) is 12.8 Å². The molecule has 0 spiro atoms. The Balaban J connectivity index is 1.24. The van der Waals surface area contributed by atoms with Gasteiger partial charge in [-0.15, -0.1) is 0 Å². The van der Waals surface area contributed by atoms with Gasteiger partial charge in [-0.05, 0) is 104 Å². The lowest BCUT2D eigenvalue weighted by Gasteiger charge is -2.29. The maximum Gasteiger partial charge on any atom is 0.165 e. The van der Waals surface area contributed by atoms with Gasteiger partial charge in [-0.2, -0.15) is 0 Å². The Morgan fingerprint density at radius 2 is 1.58 bits per heavy atom. The average Bonchev–Trinajstić information content (AvgIpc) is 2.86. The average molecular weight is 445 g/mol. The predicted molar refractivity (Wildman–Crippen MR) is 136 cm³/mol. The van der Waals surface area contributed by atoms with E-state index in [1.807, 2.05) is 13.0 Å². The molecule has 1 aliphatic rings. The van der Waals surface area contributed by atoms with Gasteiger partial charge >= 0.3 is 0 Å². The Bertz CT molecular complexity index is 987. The summed E-state index contributed by atoms with van der Waals surface area (Å²) >= 11 is 0. The van der Waals surface area contributed by atoms with E-state index >= 15 is 0 Å². The van der Waals surface area contributed by atoms with Crippen LogP contribution in [0.5, 0.6) is 5.75 Å². The van der Waals surface area contributed by atoms with Crippen LogP contribution in [0, 0.1) is 11.7 Å². The van der Waals surface area contributed by atoms with Crippen molar-refractivity contribution in [2.75, 3.05) is 6.61 Å². The Morgan fingerprint density at radius 3 is 2.24 bits per heavy atom. The maximum absolute atomic E-state index is 14.1. The van der Waals surface area contributed by atoms with Gasteiger partial charge in [0, 0.05) is 0 Å². The normalized spacial score (nSPS) is 19.2. The van der Waals surface area contributed by atoms with E-state index in [9.17, 15) is 4.39 Å². The molecule has 0 aliphatic heterocycles. The molecule has 1 atom stereocenters. The molecule has 0 saturated heterocycles. The summed E-state index contributed by atoms with van der Waals surface area (Å²) in [5.74, 6) is 2.10. The molecule has 1 fully saturated rings. The third-order valence-electron chi connectivity index (χ3n) is 7.35. The molecule has 1 nitrogen and oxygen atoms in total. The highest BCUT2D eigenvalue weighted by molar-refractivity contribution is 5.30. The van der Waals surface area contributed by atoms with Crippen LogP contribution in [0.25, 0.3) is 0 Å². The van der Waals surface area contributed by atoms with E-state index in [0.717, 1.165) is 30.7 Å². The minimum absolute atomic E-state index is 0.236. The summed E-state index contributed by atoms with van der Waals surface area (Å²) in [6, 6.07) is 25.6. The summed E-state index contributed by atoms with van der Waals surface area (Å²) in [5.41, 5.74) is 5.41. The molecule has 3 aromatic rings. The molecule has 0 bridgehead atoms. The van der Waals surface area contributed by atoms with Crippen LogP contribution in [0.4, 0.5) is 4.39 Å². The highest BCUT2D eigenvalue weighted by Gasteiger charge is 2.22. The molecule has 0 N–H and O–H groups in total. The standard InChI is InChI=1S/C31H37FO/c1-3-33-31-20-15-26(22-30(31)32)10-9-24-11-16-28(17-12-24)29-18-13-25(14-19-29)21-23(2)27-7-5-4-6-8-27/h4-8,13-15,18-20,22-24,28H,3,9-12,16-17,21H2,1-2H3/t23-,24?,28?/m1/s1. The van der Waals surface area contributed by atoms with E-state index < -0.39 is 0 Å². The number of halogens is 1. The maximum atomic E-state index is 14.1. The fraction of sp³-hybridized carbons (Fsp3) is 0.419. The van der Waals surface area contributed by atoms with Crippen molar-refractivity contribution >= 4 is 0 Å². The molecule has 0 unspecified atom stereocenters. The SMILES string of the molecule is CCOc1ccc(CCC2CCC(c3ccc(C[C@@H](C)c4ccccc4)cc3)CC2)cc1F. The van der Waals surface area contributed by atoms with Crippen molar-refractivity contribution in [2.45, 2.75) is 70.6 Å². The van der Waals surface area contributed by atoms with Gasteiger partial charge in [0.2, 0.25) is 0 Å². The van der Waals surface area contributed by atoms with Crippen molar-refractivity contribution in [2.24, 2.45) is 5.92 Å². The number of benzene rings is 3. The third-order valence-corrected chi connectivity index (χ3v) is 7.35. The van der Waals surface area contributed by atoms with Crippen LogP contribution in [-0.4, -0.2) is 6.61 Å². The molecule has 0 amide bonds. The van der Waals surface area contributed by atoms with E-state index in [2.05, 4.69) is 61.5 Å². The third kappa shape index (κ3) is 6.47. The minimum atomic E-state index is -0.236. The first-order chi connectivity index (χ1) is 16.1. The van der Waals surface area contributed by atoms with E-state index in [1.165, 1.54) is 42.4 Å².